The van der Waals surface area contributed by atoms with Gasteiger partial charge in [0, 0.05) is 11.1 Å². The molecular weight excluding hydrogens is 340 g/mol. The number of carbonyl (C=O) groups excluding carboxylic acids is 2. The van der Waals surface area contributed by atoms with Crippen molar-refractivity contribution in [3.8, 4) is 0 Å². The summed E-state index contributed by atoms with van der Waals surface area (Å²) < 4.78 is 0. The SMILES string of the molecule is CC(=O)c1ccc(N/N=C(\C(N)=O)C2=NC(C)(C)Cc3ccccc32)cc1. The lowest BCUT2D eigenvalue weighted by molar-refractivity contribution is -0.111. The number of ketones is 1. The second-order valence-corrected chi connectivity index (χ2v) is 7.18. The Kier molecular flexibility index (Phi) is 4.90. The summed E-state index contributed by atoms with van der Waals surface area (Å²) in [5, 5.41) is 4.23. The van der Waals surface area contributed by atoms with Gasteiger partial charge in [0.05, 0.1) is 16.9 Å². The van der Waals surface area contributed by atoms with Crippen molar-refractivity contribution >= 4 is 28.8 Å². The van der Waals surface area contributed by atoms with Gasteiger partial charge in [-0.3, -0.25) is 20.0 Å². The van der Waals surface area contributed by atoms with Crippen LogP contribution in [0.15, 0.2) is 58.6 Å². The van der Waals surface area contributed by atoms with Gasteiger partial charge >= 0.3 is 0 Å². The minimum absolute atomic E-state index is 0.0155. The molecule has 1 amide bonds. The highest BCUT2D eigenvalue weighted by atomic mass is 16.1. The van der Waals surface area contributed by atoms with Gasteiger partial charge in [-0.1, -0.05) is 24.3 Å². The zero-order valence-electron chi connectivity index (χ0n) is 15.6. The zero-order valence-corrected chi connectivity index (χ0v) is 15.6. The number of nitrogens with zero attached hydrogens (tertiary/aromatic N) is 2. The maximum absolute atomic E-state index is 12.1. The molecule has 0 unspecified atom stereocenters. The minimum atomic E-state index is -0.658. The second kappa shape index (κ2) is 7.15. The molecule has 0 fully saturated rings. The molecule has 6 heteroatoms. The quantitative estimate of drug-likeness (QED) is 0.486. The molecule has 0 saturated carbocycles. The van der Waals surface area contributed by atoms with Gasteiger partial charge in [0.15, 0.2) is 11.5 Å². The summed E-state index contributed by atoms with van der Waals surface area (Å²) in [6.45, 7) is 5.52. The number of hydrazone groups is 1. The lowest BCUT2D eigenvalue weighted by Crippen LogP contribution is -2.38. The molecule has 0 aromatic heterocycles. The van der Waals surface area contributed by atoms with Crippen molar-refractivity contribution in [1.82, 2.24) is 0 Å². The minimum Gasteiger partial charge on any atom is -0.364 e. The molecular formula is C21H22N4O2. The Bertz CT molecular complexity index is 956. The van der Waals surface area contributed by atoms with Crippen LogP contribution in [0.3, 0.4) is 0 Å². The topological polar surface area (TPSA) is 96.9 Å². The molecule has 0 aliphatic carbocycles. The van der Waals surface area contributed by atoms with Gasteiger partial charge in [0.1, 0.15) is 0 Å². The van der Waals surface area contributed by atoms with Crippen molar-refractivity contribution in [1.29, 1.82) is 0 Å². The molecule has 1 aliphatic rings. The molecule has 0 radical (unpaired) electrons. The number of nitrogens with two attached hydrogens (primary N) is 1. The highest BCUT2D eigenvalue weighted by Crippen LogP contribution is 2.27. The average molecular weight is 362 g/mol. The molecule has 0 atom stereocenters. The fourth-order valence-corrected chi connectivity index (χ4v) is 3.08. The lowest BCUT2D eigenvalue weighted by atomic mass is 9.85. The van der Waals surface area contributed by atoms with Crippen molar-refractivity contribution in [2.45, 2.75) is 32.7 Å². The number of rotatable bonds is 5. The van der Waals surface area contributed by atoms with E-state index in [4.69, 9.17) is 10.7 Å². The molecule has 1 aliphatic heterocycles. The van der Waals surface area contributed by atoms with Crippen LogP contribution in [0, 0.1) is 0 Å². The van der Waals surface area contributed by atoms with Crippen molar-refractivity contribution in [3.05, 3.63) is 65.2 Å². The average Bonchev–Trinajstić information content (AvgIpc) is 2.61. The van der Waals surface area contributed by atoms with Crippen LogP contribution in [-0.4, -0.2) is 28.7 Å². The van der Waals surface area contributed by atoms with Gasteiger partial charge in [-0.25, -0.2) is 0 Å². The Morgan fingerprint density at radius 3 is 2.41 bits per heavy atom. The number of amides is 1. The van der Waals surface area contributed by atoms with Crippen molar-refractivity contribution in [2.75, 3.05) is 5.43 Å². The van der Waals surface area contributed by atoms with Crippen LogP contribution in [0.25, 0.3) is 0 Å². The van der Waals surface area contributed by atoms with Gasteiger partial charge in [-0.05, 0) is 57.0 Å². The van der Waals surface area contributed by atoms with E-state index in [9.17, 15) is 9.59 Å². The Balaban J connectivity index is 1.97. The van der Waals surface area contributed by atoms with Crippen LogP contribution >= 0.6 is 0 Å². The van der Waals surface area contributed by atoms with Gasteiger partial charge < -0.3 is 5.73 Å². The Hall–Kier alpha value is -3.28. The second-order valence-electron chi connectivity index (χ2n) is 7.18. The number of benzene rings is 2. The first kappa shape index (κ1) is 18.5. The molecule has 0 saturated heterocycles. The first-order chi connectivity index (χ1) is 12.8. The van der Waals surface area contributed by atoms with E-state index in [0.29, 0.717) is 17.0 Å². The highest BCUT2D eigenvalue weighted by molar-refractivity contribution is 6.70. The highest BCUT2D eigenvalue weighted by Gasteiger charge is 2.30. The number of primary amides is 1. The summed E-state index contributed by atoms with van der Waals surface area (Å²) in [5.74, 6) is -0.674. The summed E-state index contributed by atoms with van der Waals surface area (Å²) >= 11 is 0. The summed E-state index contributed by atoms with van der Waals surface area (Å²) in [6, 6.07) is 14.6. The van der Waals surface area contributed by atoms with Crippen molar-refractivity contribution in [2.24, 2.45) is 15.8 Å². The third-order valence-electron chi connectivity index (χ3n) is 4.36. The van der Waals surface area contributed by atoms with Crippen LogP contribution in [0.5, 0.6) is 0 Å². The standard InChI is InChI=1S/C21H22N4O2/c1-13(26)14-8-10-16(11-9-14)24-25-19(20(22)27)18-17-7-5-4-6-15(17)12-21(2,3)23-18/h4-11,24H,12H2,1-3H3,(H2,22,27)/b25-19-. The van der Waals surface area contributed by atoms with E-state index in [0.717, 1.165) is 17.5 Å². The number of fused-ring (bicyclic) bond motifs is 1. The maximum atomic E-state index is 12.1. The van der Waals surface area contributed by atoms with Gasteiger partial charge in [-0.2, -0.15) is 5.10 Å². The van der Waals surface area contributed by atoms with Crippen LogP contribution < -0.4 is 11.2 Å². The number of aliphatic imine (C=N–C) groups is 1. The van der Waals surface area contributed by atoms with Crippen LogP contribution in [-0.2, 0) is 11.2 Å². The van der Waals surface area contributed by atoms with Gasteiger partial charge in [0.2, 0.25) is 0 Å². The van der Waals surface area contributed by atoms with Crippen molar-refractivity contribution < 1.29 is 9.59 Å². The largest absolute Gasteiger partial charge is 0.364 e. The zero-order chi connectivity index (χ0) is 19.6. The van der Waals surface area contributed by atoms with E-state index in [2.05, 4.69) is 10.5 Å². The number of Topliss-reactive ketones (excluding diaryl/α,β-unsaturated/α-hetero) is 1. The molecule has 27 heavy (non-hydrogen) atoms. The monoisotopic (exact) mass is 362 g/mol. The molecule has 138 valence electrons. The maximum Gasteiger partial charge on any atom is 0.271 e. The first-order valence-corrected chi connectivity index (χ1v) is 8.70. The number of hydrogen-bond donors (Lipinski definition) is 2. The number of hydrogen-bond acceptors (Lipinski definition) is 5. The summed E-state index contributed by atoms with van der Waals surface area (Å²) in [7, 11) is 0. The first-order valence-electron chi connectivity index (χ1n) is 8.70. The Morgan fingerprint density at radius 1 is 1.11 bits per heavy atom. The van der Waals surface area contributed by atoms with E-state index in [1.165, 1.54) is 6.92 Å². The summed E-state index contributed by atoms with van der Waals surface area (Å²) in [5.41, 5.74) is 11.9. The number of carbonyl (C=O) groups is 2. The van der Waals surface area contributed by atoms with E-state index < -0.39 is 5.91 Å². The van der Waals surface area contributed by atoms with Crippen molar-refractivity contribution in [3.63, 3.8) is 0 Å². The summed E-state index contributed by atoms with van der Waals surface area (Å²) in [6.07, 6.45) is 0.776. The smallest absolute Gasteiger partial charge is 0.271 e. The fraction of sp³-hybridized carbons (Fsp3) is 0.238. The number of nitrogens with one attached hydrogen (secondary N) is 1. The van der Waals surface area contributed by atoms with E-state index in [-0.39, 0.29) is 17.0 Å². The lowest BCUT2D eigenvalue weighted by Gasteiger charge is -2.28. The molecule has 0 spiro atoms. The van der Waals surface area contributed by atoms with Crippen LogP contribution in [0.2, 0.25) is 0 Å². The van der Waals surface area contributed by atoms with Gasteiger partial charge in [-0.15, -0.1) is 0 Å². The number of anilines is 1. The predicted octanol–water partition coefficient (Wildman–Crippen LogP) is 2.97. The molecule has 1 heterocycles. The Morgan fingerprint density at radius 2 is 1.78 bits per heavy atom. The fourth-order valence-electron chi connectivity index (χ4n) is 3.08. The predicted molar refractivity (Wildman–Crippen MR) is 107 cm³/mol. The third-order valence-corrected chi connectivity index (χ3v) is 4.36. The summed E-state index contributed by atoms with van der Waals surface area (Å²) in [4.78, 5) is 28.2. The normalized spacial score (nSPS) is 15.5. The van der Waals surface area contributed by atoms with E-state index in [1.54, 1.807) is 24.3 Å². The Labute approximate surface area is 158 Å². The van der Waals surface area contributed by atoms with Crippen LogP contribution in [0.1, 0.15) is 42.3 Å². The molecule has 2 aromatic carbocycles. The van der Waals surface area contributed by atoms with Crippen LogP contribution in [0.4, 0.5) is 5.69 Å². The molecule has 2 aromatic rings. The van der Waals surface area contributed by atoms with Gasteiger partial charge in [0.25, 0.3) is 5.91 Å². The third kappa shape index (κ3) is 4.11. The molecule has 0 bridgehead atoms. The van der Waals surface area contributed by atoms with E-state index in [1.807, 2.05) is 38.1 Å². The molecule has 6 nitrogen and oxygen atoms in total. The van der Waals surface area contributed by atoms with E-state index >= 15 is 0 Å². The molecule has 3 N–H and O–H groups in total. The molecule has 3 rings (SSSR count).